The maximum Gasteiger partial charge on any atom is 0.246 e. The summed E-state index contributed by atoms with van der Waals surface area (Å²) in [6.45, 7) is 0. The fraction of sp³-hybridized carbons (Fsp3) is 0.333. The van der Waals surface area contributed by atoms with E-state index in [9.17, 15) is 13.2 Å². The summed E-state index contributed by atoms with van der Waals surface area (Å²) in [7, 11) is -1.39. The largest absolute Gasteiger partial charge is 0.437 e. The van der Waals surface area contributed by atoms with Gasteiger partial charge in [0.05, 0.1) is 11.5 Å². The van der Waals surface area contributed by atoms with Crippen LogP contribution in [0.25, 0.3) is 17.2 Å². The van der Waals surface area contributed by atoms with E-state index in [-0.39, 0.29) is 23.5 Å². The third-order valence-corrected chi connectivity index (χ3v) is 5.53. The number of hydrogen-bond donors (Lipinski definition) is 0. The molecular weight excluding hydrogens is 304 g/mol. The van der Waals surface area contributed by atoms with E-state index >= 15 is 0 Å². The molecule has 0 saturated carbocycles. The van der Waals surface area contributed by atoms with Crippen molar-refractivity contribution in [3.63, 3.8) is 0 Å². The highest BCUT2D eigenvalue weighted by molar-refractivity contribution is 7.91. The third-order valence-electron chi connectivity index (χ3n) is 3.78. The lowest BCUT2D eigenvalue weighted by molar-refractivity contribution is -0.126. The number of fused-ring (bicyclic) bond motifs is 1. The average molecular weight is 320 g/mol. The highest BCUT2D eigenvalue weighted by atomic mass is 32.2. The van der Waals surface area contributed by atoms with Crippen molar-refractivity contribution in [2.24, 2.45) is 0 Å². The number of benzene rings is 1. The Kier molecular flexibility index (Phi) is 3.74. The predicted octanol–water partition coefficient (Wildman–Crippen LogP) is 1.49. The minimum Gasteiger partial charge on any atom is -0.437 e. The average Bonchev–Trinajstić information content (AvgIpc) is 3.06. The molecule has 0 radical (unpaired) electrons. The van der Waals surface area contributed by atoms with Gasteiger partial charge in [0.25, 0.3) is 0 Å². The van der Waals surface area contributed by atoms with Crippen LogP contribution in [0.3, 0.4) is 0 Å². The smallest absolute Gasteiger partial charge is 0.246 e. The molecule has 0 aliphatic carbocycles. The van der Waals surface area contributed by atoms with Crippen molar-refractivity contribution >= 4 is 32.9 Å². The highest BCUT2D eigenvalue weighted by Crippen LogP contribution is 2.18. The minimum atomic E-state index is -3.01. The van der Waals surface area contributed by atoms with Gasteiger partial charge in [0, 0.05) is 25.2 Å². The fourth-order valence-corrected chi connectivity index (χ4v) is 4.26. The Morgan fingerprint density at radius 1 is 1.41 bits per heavy atom. The lowest BCUT2D eigenvalue weighted by Crippen LogP contribution is -2.36. The van der Waals surface area contributed by atoms with E-state index in [1.54, 1.807) is 13.1 Å². The van der Waals surface area contributed by atoms with Gasteiger partial charge in [-0.05, 0) is 18.6 Å². The summed E-state index contributed by atoms with van der Waals surface area (Å²) in [5.41, 5.74) is 1.38. The van der Waals surface area contributed by atoms with Crippen molar-refractivity contribution in [1.29, 1.82) is 0 Å². The molecule has 1 saturated heterocycles. The Morgan fingerprint density at radius 3 is 2.86 bits per heavy atom. The first-order chi connectivity index (χ1) is 10.4. The molecule has 2 heterocycles. The lowest BCUT2D eigenvalue weighted by Gasteiger charge is -2.21. The Labute approximate surface area is 128 Å². The van der Waals surface area contributed by atoms with Crippen LogP contribution < -0.4 is 0 Å². The van der Waals surface area contributed by atoms with Crippen molar-refractivity contribution < 1.29 is 17.6 Å². The van der Waals surface area contributed by atoms with Gasteiger partial charge in [-0.2, -0.15) is 0 Å². The molecule has 1 unspecified atom stereocenters. The van der Waals surface area contributed by atoms with Crippen LogP contribution in [0.15, 0.2) is 34.8 Å². The van der Waals surface area contributed by atoms with Gasteiger partial charge < -0.3 is 9.32 Å². The Morgan fingerprint density at radius 2 is 2.18 bits per heavy atom. The van der Waals surface area contributed by atoms with Gasteiger partial charge in [0.15, 0.2) is 15.4 Å². The quantitative estimate of drug-likeness (QED) is 0.800. The van der Waals surface area contributed by atoms with Gasteiger partial charge in [0.2, 0.25) is 11.8 Å². The van der Waals surface area contributed by atoms with Crippen LogP contribution in [0, 0.1) is 0 Å². The van der Waals surface area contributed by atoms with E-state index in [1.165, 1.54) is 17.1 Å². The third kappa shape index (κ3) is 3.04. The molecule has 1 atom stereocenters. The molecule has 0 N–H and O–H groups in total. The zero-order valence-corrected chi connectivity index (χ0v) is 12.9. The monoisotopic (exact) mass is 320 g/mol. The van der Waals surface area contributed by atoms with Crippen molar-refractivity contribution in [2.45, 2.75) is 12.5 Å². The van der Waals surface area contributed by atoms with Gasteiger partial charge in [-0.25, -0.2) is 13.4 Å². The molecule has 2 aromatic rings. The number of likely N-dealkylation sites (N-methyl/N-ethyl adjacent to an activating group) is 1. The molecule has 0 spiro atoms. The summed E-state index contributed by atoms with van der Waals surface area (Å²) >= 11 is 0. The van der Waals surface area contributed by atoms with E-state index in [0.717, 1.165) is 5.52 Å². The number of para-hydroxylation sites is 2. The number of amides is 1. The molecule has 1 fully saturated rings. The summed E-state index contributed by atoms with van der Waals surface area (Å²) in [5.74, 6) is 0.266. The van der Waals surface area contributed by atoms with Crippen molar-refractivity contribution in [1.82, 2.24) is 9.88 Å². The first-order valence-corrected chi connectivity index (χ1v) is 8.78. The van der Waals surface area contributed by atoms with Gasteiger partial charge in [-0.1, -0.05) is 12.1 Å². The van der Waals surface area contributed by atoms with E-state index < -0.39 is 9.84 Å². The summed E-state index contributed by atoms with van der Waals surface area (Å²) in [4.78, 5) is 17.8. The Bertz CT molecular complexity index is 805. The normalized spacial score (nSPS) is 20.7. The lowest BCUT2D eigenvalue weighted by atomic mass is 10.2. The van der Waals surface area contributed by atoms with E-state index in [0.29, 0.717) is 17.9 Å². The molecule has 1 aromatic carbocycles. The van der Waals surface area contributed by atoms with E-state index in [1.807, 2.05) is 18.2 Å². The Balaban J connectivity index is 1.70. The molecule has 116 valence electrons. The van der Waals surface area contributed by atoms with E-state index in [4.69, 9.17) is 4.42 Å². The number of nitrogens with zero attached hydrogens (tertiary/aromatic N) is 2. The van der Waals surface area contributed by atoms with Crippen LogP contribution in [0.5, 0.6) is 0 Å². The first-order valence-electron chi connectivity index (χ1n) is 6.95. The maximum atomic E-state index is 12.1. The van der Waals surface area contributed by atoms with Crippen molar-refractivity contribution in [2.75, 3.05) is 18.6 Å². The first kappa shape index (κ1) is 14.8. The number of carbonyl (C=O) groups excluding carboxylic acids is 1. The molecule has 1 aliphatic rings. The zero-order chi connectivity index (χ0) is 15.7. The summed E-state index contributed by atoms with van der Waals surface area (Å²) < 4.78 is 28.4. The van der Waals surface area contributed by atoms with Crippen molar-refractivity contribution in [3.8, 4) is 0 Å². The molecule has 1 amide bonds. The fourth-order valence-electron chi connectivity index (χ4n) is 2.48. The predicted molar refractivity (Wildman–Crippen MR) is 82.9 cm³/mol. The molecule has 22 heavy (non-hydrogen) atoms. The number of sulfone groups is 1. The Hall–Kier alpha value is -2.15. The summed E-state index contributed by atoms with van der Waals surface area (Å²) in [6, 6.07) is 7.08. The molecule has 1 aromatic heterocycles. The van der Waals surface area contributed by atoms with Gasteiger partial charge in [0.1, 0.15) is 5.52 Å². The number of oxazole rings is 1. The maximum absolute atomic E-state index is 12.1. The second kappa shape index (κ2) is 5.57. The van der Waals surface area contributed by atoms with Gasteiger partial charge >= 0.3 is 0 Å². The molecule has 0 bridgehead atoms. The van der Waals surface area contributed by atoms with Crippen LogP contribution in [0.2, 0.25) is 0 Å². The minimum absolute atomic E-state index is 0.0337. The topological polar surface area (TPSA) is 80.5 Å². The van der Waals surface area contributed by atoms with E-state index in [2.05, 4.69) is 4.98 Å². The van der Waals surface area contributed by atoms with Crippen LogP contribution in [-0.4, -0.2) is 48.8 Å². The SMILES string of the molecule is CN(C(=O)/C=C/c1nc2ccccc2o1)C1CCS(=O)(=O)C1. The number of aromatic nitrogens is 1. The second-order valence-corrected chi connectivity index (χ2v) is 7.59. The number of rotatable bonds is 3. The van der Waals surface area contributed by atoms with Crippen LogP contribution in [-0.2, 0) is 14.6 Å². The van der Waals surface area contributed by atoms with Crippen LogP contribution >= 0.6 is 0 Å². The highest BCUT2D eigenvalue weighted by Gasteiger charge is 2.32. The second-order valence-electron chi connectivity index (χ2n) is 5.36. The zero-order valence-electron chi connectivity index (χ0n) is 12.1. The number of carbonyl (C=O) groups is 1. The number of hydrogen-bond acceptors (Lipinski definition) is 5. The molecular formula is C15H16N2O4S. The van der Waals surface area contributed by atoms with Crippen LogP contribution in [0.1, 0.15) is 12.3 Å². The summed E-state index contributed by atoms with van der Waals surface area (Å²) in [5, 5.41) is 0. The molecule has 3 rings (SSSR count). The van der Waals surface area contributed by atoms with Gasteiger partial charge in [-0.3, -0.25) is 4.79 Å². The standard InChI is InChI=1S/C15H16N2O4S/c1-17(11-8-9-22(19,20)10-11)15(18)7-6-14-16-12-4-2-3-5-13(12)21-14/h2-7,11H,8-10H2,1H3/b7-6+. The molecule has 7 heteroatoms. The van der Waals surface area contributed by atoms with Gasteiger partial charge in [-0.15, -0.1) is 0 Å². The molecule has 1 aliphatic heterocycles. The summed E-state index contributed by atoms with van der Waals surface area (Å²) in [6.07, 6.45) is 3.35. The molecule has 6 nitrogen and oxygen atoms in total. The van der Waals surface area contributed by atoms with Crippen molar-refractivity contribution in [3.05, 3.63) is 36.2 Å². The van der Waals surface area contributed by atoms with Crippen LogP contribution in [0.4, 0.5) is 0 Å².